The van der Waals surface area contributed by atoms with E-state index in [0.29, 0.717) is 18.7 Å². The number of carbonyl (C=O) groups is 2. The second-order valence-electron chi connectivity index (χ2n) is 5.45. The molecule has 25 heavy (non-hydrogen) atoms. The van der Waals surface area contributed by atoms with Crippen LogP contribution < -0.4 is 9.64 Å². The van der Waals surface area contributed by atoms with Crippen LogP contribution in [0.3, 0.4) is 0 Å². The molecule has 2 aromatic rings. The summed E-state index contributed by atoms with van der Waals surface area (Å²) >= 11 is 0. The number of hydrogen-bond donors (Lipinski definition) is 2. The van der Waals surface area contributed by atoms with Crippen molar-refractivity contribution in [2.24, 2.45) is 0 Å². The first kappa shape index (κ1) is 18.3. The summed E-state index contributed by atoms with van der Waals surface area (Å²) in [6, 6.07) is 14.1. The average Bonchev–Trinajstić information content (AvgIpc) is 2.59. The van der Waals surface area contributed by atoms with Gasteiger partial charge in [-0.25, -0.2) is 4.79 Å². The van der Waals surface area contributed by atoms with Crippen molar-refractivity contribution in [3.05, 3.63) is 59.7 Å². The Bertz CT molecular complexity index is 727. The number of anilines is 1. The van der Waals surface area contributed by atoms with E-state index < -0.39 is 11.9 Å². The molecule has 2 N–H and O–H groups in total. The minimum Gasteiger partial charge on any atom is -0.494 e. The molecule has 0 fully saturated rings. The predicted molar refractivity (Wildman–Crippen MR) is 94.3 cm³/mol. The Morgan fingerprint density at radius 3 is 2.32 bits per heavy atom. The van der Waals surface area contributed by atoms with Crippen molar-refractivity contribution < 1.29 is 24.5 Å². The van der Waals surface area contributed by atoms with E-state index in [-0.39, 0.29) is 18.5 Å². The van der Waals surface area contributed by atoms with Crippen LogP contribution in [0.4, 0.5) is 5.69 Å². The maximum Gasteiger partial charge on any atom is 0.336 e. The third-order valence-corrected chi connectivity index (χ3v) is 3.72. The van der Waals surface area contributed by atoms with Crippen molar-refractivity contribution in [3.63, 3.8) is 0 Å². The molecule has 0 radical (unpaired) electrons. The number of ether oxygens (including phenoxy) is 1. The fourth-order valence-electron chi connectivity index (χ4n) is 2.52. The van der Waals surface area contributed by atoms with Crippen LogP contribution in [0.25, 0.3) is 0 Å². The molecule has 2 rings (SSSR count). The molecule has 2 aromatic carbocycles. The summed E-state index contributed by atoms with van der Waals surface area (Å²) in [7, 11) is 0. The van der Waals surface area contributed by atoms with Crippen molar-refractivity contribution >= 4 is 17.6 Å². The van der Waals surface area contributed by atoms with Crippen LogP contribution in [-0.2, 0) is 11.3 Å². The van der Waals surface area contributed by atoms with E-state index in [1.807, 2.05) is 36.1 Å². The van der Waals surface area contributed by atoms with E-state index in [9.17, 15) is 14.7 Å². The molecule has 6 heteroatoms. The number of aliphatic carboxylic acids is 1. The normalized spacial score (nSPS) is 10.3. The summed E-state index contributed by atoms with van der Waals surface area (Å²) in [4.78, 5) is 24.2. The van der Waals surface area contributed by atoms with Gasteiger partial charge in [0.25, 0.3) is 0 Å². The first-order chi connectivity index (χ1) is 12.0. The lowest BCUT2D eigenvalue weighted by atomic mass is 10.1. The number of benzene rings is 2. The van der Waals surface area contributed by atoms with Crippen LogP contribution in [0.2, 0.25) is 0 Å². The standard InChI is InChI=1S/C19H21NO5/c1-2-25-16-9-7-15(8-10-16)20(12-11-18(21)22)13-14-5-3-4-6-17(14)19(23)24/h3-10H,2,11-13H2,1H3,(H,21,22)(H,23,24). The predicted octanol–water partition coefficient (Wildman–Crippen LogP) is 3.26. The zero-order valence-corrected chi connectivity index (χ0v) is 14.0. The second-order valence-corrected chi connectivity index (χ2v) is 5.45. The maximum atomic E-state index is 11.4. The Balaban J connectivity index is 2.26. The molecule has 0 aliphatic heterocycles. The molecular formula is C19H21NO5. The van der Waals surface area contributed by atoms with E-state index in [1.54, 1.807) is 24.3 Å². The van der Waals surface area contributed by atoms with Gasteiger partial charge in [0, 0.05) is 18.8 Å². The summed E-state index contributed by atoms with van der Waals surface area (Å²) in [5.74, 6) is -1.17. The zero-order chi connectivity index (χ0) is 18.2. The molecule has 0 aromatic heterocycles. The highest BCUT2D eigenvalue weighted by atomic mass is 16.5. The van der Waals surface area contributed by atoms with Crippen LogP contribution in [-0.4, -0.2) is 35.3 Å². The molecule has 132 valence electrons. The van der Waals surface area contributed by atoms with Gasteiger partial charge in [-0.15, -0.1) is 0 Å². The van der Waals surface area contributed by atoms with Gasteiger partial charge in [0.1, 0.15) is 5.75 Å². The van der Waals surface area contributed by atoms with Crippen LogP contribution in [0.5, 0.6) is 5.75 Å². The molecule has 0 heterocycles. The molecule has 0 bridgehead atoms. The van der Waals surface area contributed by atoms with Crippen molar-refractivity contribution in [1.82, 2.24) is 0 Å². The lowest BCUT2D eigenvalue weighted by Crippen LogP contribution is -2.26. The van der Waals surface area contributed by atoms with Gasteiger partial charge in [0.15, 0.2) is 0 Å². The van der Waals surface area contributed by atoms with E-state index in [2.05, 4.69) is 0 Å². The Morgan fingerprint density at radius 1 is 1.04 bits per heavy atom. The third kappa shape index (κ3) is 5.24. The highest BCUT2D eigenvalue weighted by molar-refractivity contribution is 5.89. The smallest absolute Gasteiger partial charge is 0.336 e. The Labute approximate surface area is 146 Å². The molecular weight excluding hydrogens is 322 g/mol. The van der Waals surface area contributed by atoms with Gasteiger partial charge in [-0.3, -0.25) is 4.79 Å². The van der Waals surface area contributed by atoms with Crippen LogP contribution >= 0.6 is 0 Å². The summed E-state index contributed by atoms with van der Waals surface area (Å²) in [6.07, 6.45) is -0.0392. The van der Waals surface area contributed by atoms with E-state index in [0.717, 1.165) is 11.4 Å². The van der Waals surface area contributed by atoms with Crippen LogP contribution in [0.15, 0.2) is 48.5 Å². The van der Waals surface area contributed by atoms with Crippen LogP contribution in [0, 0.1) is 0 Å². The van der Waals surface area contributed by atoms with Crippen LogP contribution in [0.1, 0.15) is 29.3 Å². The number of nitrogens with zero attached hydrogens (tertiary/aromatic N) is 1. The lowest BCUT2D eigenvalue weighted by molar-refractivity contribution is -0.136. The Morgan fingerprint density at radius 2 is 1.72 bits per heavy atom. The first-order valence-corrected chi connectivity index (χ1v) is 8.02. The Hall–Kier alpha value is -3.02. The van der Waals surface area contributed by atoms with Crippen molar-refractivity contribution in [2.75, 3.05) is 18.1 Å². The highest BCUT2D eigenvalue weighted by Gasteiger charge is 2.15. The zero-order valence-electron chi connectivity index (χ0n) is 14.0. The molecule has 0 unspecified atom stereocenters. The highest BCUT2D eigenvalue weighted by Crippen LogP contribution is 2.23. The van der Waals surface area contributed by atoms with Crippen molar-refractivity contribution in [3.8, 4) is 5.75 Å². The quantitative estimate of drug-likeness (QED) is 0.727. The van der Waals surface area contributed by atoms with E-state index in [4.69, 9.17) is 9.84 Å². The average molecular weight is 343 g/mol. The summed E-state index contributed by atoms with van der Waals surface area (Å²) in [6.45, 7) is 3.05. The lowest BCUT2D eigenvalue weighted by Gasteiger charge is -2.25. The van der Waals surface area contributed by atoms with Gasteiger partial charge in [0.2, 0.25) is 0 Å². The number of hydrogen-bond acceptors (Lipinski definition) is 4. The number of aromatic carboxylic acids is 1. The number of carboxylic acids is 2. The minimum atomic E-state index is -1.000. The van der Waals surface area contributed by atoms with Gasteiger partial charge in [-0.05, 0) is 42.8 Å². The van der Waals surface area contributed by atoms with Crippen molar-refractivity contribution in [2.45, 2.75) is 19.9 Å². The molecule has 0 atom stereocenters. The summed E-state index contributed by atoms with van der Waals surface area (Å²) < 4.78 is 5.42. The van der Waals surface area contributed by atoms with E-state index in [1.165, 1.54) is 0 Å². The molecule has 6 nitrogen and oxygen atoms in total. The third-order valence-electron chi connectivity index (χ3n) is 3.72. The molecule has 0 saturated heterocycles. The van der Waals surface area contributed by atoms with Gasteiger partial charge in [-0.1, -0.05) is 18.2 Å². The van der Waals surface area contributed by atoms with Gasteiger partial charge in [-0.2, -0.15) is 0 Å². The number of carboxylic acid groups (broad SMARTS) is 2. The van der Waals surface area contributed by atoms with Gasteiger partial charge in [0.05, 0.1) is 18.6 Å². The second kappa shape index (κ2) is 8.73. The maximum absolute atomic E-state index is 11.4. The molecule has 0 aliphatic carbocycles. The van der Waals surface area contributed by atoms with Crippen molar-refractivity contribution in [1.29, 1.82) is 0 Å². The monoisotopic (exact) mass is 343 g/mol. The molecule has 0 saturated carbocycles. The SMILES string of the molecule is CCOc1ccc(N(CCC(=O)O)Cc2ccccc2C(=O)O)cc1. The molecule has 0 spiro atoms. The summed E-state index contributed by atoms with van der Waals surface area (Å²) in [5.41, 5.74) is 1.66. The fourth-order valence-corrected chi connectivity index (χ4v) is 2.52. The summed E-state index contributed by atoms with van der Waals surface area (Å²) in [5, 5.41) is 18.3. The fraction of sp³-hybridized carbons (Fsp3) is 0.263. The van der Waals surface area contributed by atoms with E-state index >= 15 is 0 Å². The first-order valence-electron chi connectivity index (χ1n) is 8.02. The Kier molecular flexibility index (Phi) is 6.39. The molecule has 0 aliphatic rings. The number of rotatable bonds is 9. The van der Waals surface area contributed by atoms with Gasteiger partial charge >= 0.3 is 11.9 Å². The topological polar surface area (TPSA) is 87.1 Å². The minimum absolute atomic E-state index is 0.0392. The largest absolute Gasteiger partial charge is 0.494 e. The van der Waals surface area contributed by atoms with Gasteiger partial charge < -0.3 is 19.8 Å². The molecule has 0 amide bonds.